The molecule has 0 radical (unpaired) electrons. The van der Waals surface area contributed by atoms with Crippen LogP contribution in [-0.4, -0.2) is 42.1 Å². The summed E-state index contributed by atoms with van der Waals surface area (Å²) in [7, 11) is 0. The van der Waals surface area contributed by atoms with Gasteiger partial charge in [-0.15, -0.1) is 0 Å². The molecule has 1 spiro atoms. The van der Waals surface area contributed by atoms with Crippen molar-refractivity contribution in [1.29, 1.82) is 0 Å². The fourth-order valence-corrected chi connectivity index (χ4v) is 4.28. The Labute approximate surface area is 175 Å². The van der Waals surface area contributed by atoms with Crippen molar-refractivity contribution < 1.29 is 37.0 Å². The highest BCUT2D eigenvalue weighted by molar-refractivity contribution is 6.00. The molecule has 0 bridgehead atoms. The lowest BCUT2D eigenvalue weighted by molar-refractivity contribution is -0.137. The average molecular weight is 433 g/mol. The van der Waals surface area contributed by atoms with E-state index in [1.807, 2.05) is 0 Å². The first-order valence-electron chi connectivity index (χ1n) is 9.87. The van der Waals surface area contributed by atoms with Gasteiger partial charge in [-0.25, -0.2) is 0 Å². The second kappa shape index (κ2) is 6.90. The maximum Gasteiger partial charge on any atom is 0.416 e. The summed E-state index contributed by atoms with van der Waals surface area (Å²) in [6.07, 6.45) is -3.74. The monoisotopic (exact) mass is 433 g/mol. The van der Waals surface area contributed by atoms with Crippen LogP contribution in [0.3, 0.4) is 0 Å². The number of nitrogens with zero attached hydrogens (tertiary/aromatic N) is 1. The maximum atomic E-state index is 13.1. The van der Waals surface area contributed by atoms with Crippen molar-refractivity contribution in [3.05, 3.63) is 53.1 Å². The van der Waals surface area contributed by atoms with E-state index in [0.29, 0.717) is 43.0 Å². The van der Waals surface area contributed by atoms with Crippen molar-refractivity contribution in [1.82, 2.24) is 4.90 Å². The minimum Gasteiger partial charge on any atom is -0.486 e. The second-order valence-electron chi connectivity index (χ2n) is 7.95. The van der Waals surface area contributed by atoms with Crippen molar-refractivity contribution >= 4 is 11.7 Å². The number of hydrogen-bond acceptors (Lipinski definition) is 5. The summed E-state index contributed by atoms with van der Waals surface area (Å²) in [5.41, 5.74) is -1.13. The molecule has 2 aromatic carbocycles. The van der Waals surface area contributed by atoms with Crippen molar-refractivity contribution in [3.8, 4) is 17.2 Å². The molecule has 3 aliphatic heterocycles. The van der Waals surface area contributed by atoms with Crippen LogP contribution in [0.25, 0.3) is 0 Å². The Bertz CT molecular complexity index is 1070. The number of alkyl halides is 3. The Balaban J connectivity index is 1.32. The molecule has 0 unspecified atom stereocenters. The largest absolute Gasteiger partial charge is 0.486 e. The van der Waals surface area contributed by atoms with Gasteiger partial charge in [-0.05, 0) is 36.4 Å². The molecule has 3 heterocycles. The number of fused-ring (bicyclic) bond motifs is 2. The number of Topliss-reactive ketones (excluding diaryl/α,β-unsaturated/α-hetero) is 1. The number of amides is 1. The predicted octanol–water partition coefficient (Wildman–Crippen LogP) is 4.07. The van der Waals surface area contributed by atoms with Gasteiger partial charge < -0.3 is 19.1 Å². The SMILES string of the molecule is O=C1CC2(CCN(C(=O)c3ccc4c(c3)OCO4)CC2)Oc2cc(C(F)(F)F)ccc21. The molecule has 3 aliphatic rings. The van der Waals surface area contributed by atoms with Gasteiger partial charge in [-0.2, -0.15) is 13.2 Å². The maximum absolute atomic E-state index is 13.1. The Morgan fingerprint density at radius 3 is 2.45 bits per heavy atom. The lowest BCUT2D eigenvalue weighted by atomic mass is 9.82. The number of piperidine rings is 1. The molecule has 5 rings (SSSR count). The summed E-state index contributed by atoms with van der Waals surface area (Å²) in [6, 6.07) is 7.92. The zero-order valence-electron chi connectivity index (χ0n) is 16.3. The summed E-state index contributed by atoms with van der Waals surface area (Å²) >= 11 is 0. The molecule has 0 saturated carbocycles. The molecule has 2 aromatic rings. The van der Waals surface area contributed by atoms with Crippen molar-refractivity contribution in [2.24, 2.45) is 0 Å². The van der Waals surface area contributed by atoms with E-state index in [9.17, 15) is 22.8 Å². The molecule has 0 N–H and O–H groups in total. The van der Waals surface area contributed by atoms with Crippen LogP contribution in [-0.2, 0) is 6.18 Å². The first kappa shape index (κ1) is 19.7. The highest BCUT2D eigenvalue weighted by Gasteiger charge is 2.44. The number of carbonyl (C=O) groups excluding carboxylic acids is 2. The molecule has 0 aromatic heterocycles. The Hall–Kier alpha value is -3.23. The van der Waals surface area contributed by atoms with Gasteiger partial charge >= 0.3 is 6.18 Å². The number of ketones is 1. The van der Waals surface area contributed by atoms with Crippen LogP contribution < -0.4 is 14.2 Å². The Kier molecular flexibility index (Phi) is 4.39. The first-order valence-corrected chi connectivity index (χ1v) is 9.87. The quantitative estimate of drug-likeness (QED) is 0.678. The van der Waals surface area contributed by atoms with E-state index >= 15 is 0 Å². The lowest BCUT2D eigenvalue weighted by Gasteiger charge is -2.44. The molecule has 31 heavy (non-hydrogen) atoms. The number of ether oxygens (including phenoxy) is 3. The second-order valence-corrected chi connectivity index (χ2v) is 7.95. The molecular formula is C22H18F3NO5. The molecule has 162 valence electrons. The molecule has 6 nitrogen and oxygen atoms in total. The standard InChI is InChI=1S/C22H18F3NO5/c23-22(24,25)14-2-3-15-16(27)11-21(31-18(15)10-14)5-7-26(8-6-21)20(28)13-1-4-17-19(9-13)30-12-29-17/h1-4,9-10H,5-8,11-12H2. The van der Waals surface area contributed by atoms with E-state index in [-0.39, 0.29) is 36.2 Å². The molecule has 0 atom stereocenters. The van der Waals surface area contributed by atoms with E-state index in [0.717, 1.165) is 12.1 Å². The van der Waals surface area contributed by atoms with Crippen molar-refractivity contribution in [2.75, 3.05) is 19.9 Å². The highest BCUT2D eigenvalue weighted by atomic mass is 19.4. The number of benzene rings is 2. The van der Waals surface area contributed by atoms with Crippen LogP contribution in [0.15, 0.2) is 36.4 Å². The van der Waals surface area contributed by atoms with Crippen LogP contribution in [0.1, 0.15) is 45.5 Å². The van der Waals surface area contributed by atoms with Crippen LogP contribution >= 0.6 is 0 Å². The van der Waals surface area contributed by atoms with Gasteiger partial charge in [0.25, 0.3) is 5.91 Å². The van der Waals surface area contributed by atoms with E-state index in [2.05, 4.69) is 0 Å². The normalized spacial score (nSPS) is 19.2. The minimum absolute atomic E-state index is 0.0402. The Morgan fingerprint density at radius 1 is 0.968 bits per heavy atom. The third kappa shape index (κ3) is 3.47. The average Bonchev–Trinajstić information content (AvgIpc) is 3.20. The molecule has 1 fully saturated rings. The lowest BCUT2D eigenvalue weighted by Crippen LogP contribution is -2.52. The summed E-state index contributed by atoms with van der Waals surface area (Å²) in [5, 5.41) is 0. The first-order chi connectivity index (χ1) is 14.7. The highest BCUT2D eigenvalue weighted by Crippen LogP contribution is 2.42. The van der Waals surface area contributed by atoms with E-state index in [1.54, 1.807) is 23.1 Å². The van der Waals surface area contributed by atoms with E-state index < -0.39 is 17.3 Å². The van der Waals surface area contributed by atoms with E-state index in [1.165, 1.54) is 6.07 Å². The number of halogens is 3. The van der Waals surface area contributed by atoms with Crippen LogP contribution in [0.2, 0.25) is 0 Å². The van der Waals surface area contributed by atoms with E-state index in [4.69, 9.17) is 14.2 Å². The topological polar surface area (TPSA) is 65.1 Å². The van der Waals surface area contributed by atoms with Gasteiger partial charge in [0.2, 0.25) is 6.79 Å². The summed E-state index contributed by atoms with van der Waals surface area (Å²) in [6.45, 7) is 0.770. The van der Waals surface area contributed by atoms with Crippen LogP contribution in [0.4, 0.5) is 13.2 Å². The fraction of sp³-hybridized carbons (Fsp3) is 0.364. The summed E-state index contributed by atoms with van der Waals surface area (Å²) in [5.74, 6) is 0.625. The zero-order valence-corrected chi connectivity index (χ0v) is 16.3. The number of hydrogen-bond donors (Lipinski definition) is 0. The molecule has 1 saturated heterocycles. The molecule has 0 aliphatic carbocycles. The molecule has 9 heteroatoms. The van der Waals surface area contributed by atoms with Gasteiger partial charge in [0.15, 0.2) is 17.3 Å². The van der Waals surface area contributed by atoms with Crippen molar-refractivity contribution in [2.45, 2.75) is 31.0 Å². The summed E-state index contributed by atoms with van der Waals surface area (Å²) < 4.78 is 55.8. The van der Waals surface area contributed by atoms with Crippen LogP contribution in [0.5, 0.6) is 17.2 Å². The third-order valence-corrected chi connectivity index (χ3v) is 6.00. The number of rotatable bonds is 1. The minimum atomic E-state index is -4.52. The van der Waals surface area contributed by atoms with Gasteiger partial charge in [-0.3, -0.25) is 9.59 Å². The van der Waals surface area contributed by atoms with Crippen molar-refractivity contribution in [3.63, 3.8) is 0 Å². The van der Waals surface area contributed by atoms with Gasteiger partial charge in [0.1, 0.15) is 11.4 Å². The Morgan fingerprint density at radius 2 is 1.71 bits per heavy atom. The number of likely N-dealkylation sites (tertiary alicyclic amines) is 1. The van der Waals surface area contributed by atoms with Gasteiger partial charge in [-0.1, -0.05) is 0 Å². The van der Waals surface area contributed by atoms with Gasteiger partial charge in [0, 0.05) is 31.5 Å². The smallest absolute Gasteiger partial charge is 0.416 e. The molecule has 1 amide bonds. The zero-order chi connectivity index (χ0) is 21.8. The fourth-order valence-electron chi connectivity index (χ4n) is 4.28. The summed E-state index contributed by atoms with van der Waals surface area (Å²) in [4.78, 5) is 27.1. The third-order valence-electron chi connectivity index (χ3n) is 6.00. The van der Waals surface area contributed by atoms with Gasteiger partial charge in [0.05, 0.1) is 17.5 Å². The number of carbonyl (C=O) groups is 2. The van der Waals surface area contributed by atoms with Crippen LogP contribution in [0, 0.1) is 0 Å². The predicted molar refractivity (Wildman–Crippen MR) is 101 cm³/mol. The molecular weight excluding hydrogens is 415 g/mol.